The highest BCUT2D eigenvalue weighted by molar-refractivity contribution is 7.92. The summed E-state index contributed by atoms with van der Waals surface area (Å²) in [7, 11) is -2.44. The lowest BCUT2D eigenvalue weighted by Gasteiger charge is -2.29. The monoisotopic (exact) mass is 321 g/mol. The minimum atomic E-state index is -3.81. The van der Waals surface area contributed by atoms with Crippen molar-refractivity contribution in [2.45, 2.75) is 19.4 Å². The van der Waals surface area contributed by atoms with E-state index in [1.54, 1.807) is 6.92 Å². The number of sulfonamides is 1. The molecule has 0 unspecified atom stereocenters. The third kappa shape index (κ3) is 3.55. The molecule has 1 N–H and O–H groups in total. The van der Waals surface area contributed by atoms with Crippen LogP contribution in [0.3, 0.4) is 0 Å². The van der Waals surface area contributed by atoms with Gasteiger partial charge in [0.25, 0.3) is 0 Å². The number of rotatable bonds is 6. The highest BCUT2D eigenvalue weighted by Gasteiger charge is 2.33. The number of ether oxygens (including phenoxy) is 1. The van der Waals surface area contributed by atoms with Gasteiger partial charge >= 0.3 is 5.97 Å². The van der Waals surface area contributed by atoms with Crippen LogP contribution in [0.1, 0.15) is 13.3 Å². The molecule has 0 heterocycles. The minimum absolute atomic E-state index is 0.108. The maximum atomic E-state index is 12.0. The topological polar surface area (TPSA) is 83.9 Å². The molecule has 20 heavy (non-hydrogen) atoms. The largest absolute Gasteiger partial charge is 0.495 e. The molecule has 0 aliphatic carbocycles. The highest BCUT2D eigenvalue weighted by Crippen LogP contribution is 2.34. The summed E-state index contributed by atoms with van der Waals surface area (Å²) < 4.78 is 29.9. The minimum Gasteiger partial charge on any atom is -0.495 e. The zero-order valence-corrected chi connectivity index (χ0v) is 12.9. The molecule has 0 aromatic heterocycles. The number of carbonyl (C=O) groups is 1. The molecule has 8 heteroatoms. The molecule has 0 bridgehead atoms. The van der Waals surface area contributed by atoms with Gasteiger partial charge in [0.1, 0.15) is 11.8 Å². The Kier molecular flexibility index (Phi) is 5.24. The standard InChI is InChI=1S/C12H16ClNO5S/c1-4-9(12(15)16)14(20(3,17)18)10-7-8(13)5-6-11(10)19-2/h5-7,9H,4H2,1-3H3,(H,15,16)/t9-/m0/s1. The zero-order chi connectivity index (χ0) is 15.5. The first-order valence-corrected chi connectivity index (χ1v) is 8.00. The Morgan fingerprint density at radius 2 is 2.10 bits per heavy atom. The molecular weight excluding hydrogens is 306 g/mol. The van der Waals surface area contributed by atoms with E-state index in [9.17, 15) is 18.3 Å². The summed E-state index contributed by atoms with van der Waals surface area (Å²) in [6.45, 7) is 1.59. The number of nitrogens with zero attached hydrogens (tertiary/aromatic N) is 1. The summed E-state index contributed by atoms with van der Waals surface area (Å²) >= 11 is 5.87. The molecule has 0 aliphatic rings. The number of methoxy groups -OCH3 is 1. The fourth-order valence-electron chi connectivity index (χ4n) is 1.85. The Morgan fingerprint density at radius 3 is 2.50 bits per heavy atom. The van der Waals surface area contributed by atoms with Gasteiger partial charge in [-0.15, -0.1) is 0 Å². The van der Waals surface area contributed by atoms with Crippen LogP contribution in [0.2, 0.25) is 5.02 Å². The molecule has 0 fully saturated rings. The fourth-order valence-corrected chi connectivity index (χ4v) is 3.22. The van der Waals surface area contributed by atoms with Crippen LogP contribution >= 0.6 is 11.6 Å². The molecule has 1 aromatic rings. The summed E-state index contributed by atoms with van der Waals surface area (Å²) in [6.07, 6.45) is 1.05. The molecule has 0 amide bonds. The number of halogens is 1. The van der Waals surface area contributed by atoms with Crippen LogP contribution < -0.4 is 9.04 Å². The third-order valence-corrected chi connectivity index (χ3v) is 4.09. The van der Waals surface area contributed by atoms with Crippen molar-refractivity contribution < 1.29 is 23.1 Å². The van der Waals surface area contributed by atoms with Crippen molar-refractivity contribution in [2.75, 3.05) is 17.7 Å². The van der Waals surface area contributed by atoms with Gasteiger partial charge in [0.15, 0.2) is 0 Å². The van der Waals surface area contributed by atoms with Gasteiger partial charge in [0.05, 0.1) is 19.1 Å². The van der Waals surface area contributed by atoms with E-state index in [1.807, 2.05) is 0 Å². The summed E-state index contributed by atoms with van der Waals surface area (Å²) in [5, 5.41) is 9.51. The van der Waals surface area contributed by atoms with Crippen molar-refractivity contribution >= 4 is 33.3 Å². The van der Waals surface area contributed by atoms with Gasteiger partial charge in [-0.05, 0) is 24.6 Å². The first-order chi connectivity index (χ1) is 9.22. The lowest BCUT2D eigenvalue weighted by Crippen LogP contribution is -2.44. The van der Waals surface area contributed by atoms with E-state index in [0.717, 1.165) is 10.6 Å². The van der Waals surface area contributed by atoms with Crippen molar-refractivity contribution in [1.82, 2.24) is 0 Å². The molecule has 6 nitrogen and oxygen atoms in total. The molecule has 1 aromatic carbocycles. The normalized spacial score (nSPS) is 12.8. The predicted molar refractivity (Wildman–Crippen MR) is 77.0 cm³/mol. The highest BCUT2D eigenvalue weighted by atomic mass is 35.5. The van der Waals surface area contributed by atoms with Gasteiger partial charge in [0, 0.05) is 5.02 Å². The molecule has 0 aliphatic heterocycles. The van der Waals surface area contributed by atoms with Crippen molar-refractivity contribution in [3.05, 3.63) is 23.2 Å². The lowest BCUT2D eigenvalue weighted by molar-refractivity contribution is -0.138. The van der Waals surface area contributed by atoms with Gasteiger partial charge in [-0.3, -0.25) is 4.31 Å². The van der Waals surface area contributed by atoms with E-state index in [-0.39, 0.29) is 22.9 Å². The summed E-state index contributed by atoms with van der Waals surface area (Å²) in [4.78, 5) is 11.3. The van der Waals surface area contributed by atoms with Crippen LogP contribution in [0.25, 0.3) is 0 Å². The Bertz CT molecular complexity index is 602. The van der Waals surface area contributed by atoms with E-state index in [4.69, 9.17) is 16.3 Å². The average Bonchev–Trinajstić information content (AvgIpc) is 2.33. The summed E-state index contributed by atoms with van der Waals surface area (Å²) in [5.41, 5.74) is 0.108. The van der Waals surface area contributed by atoms with E-state index in [0.29, 0.717) is 0 Å². The second kappa shape index (κ2) is 6.32. The van der Waals surface area contributed by atoms with Gasteiger partial charge < -0.3 is 9.84 Å². The number of anilines is 1. The maximum absolute atomic E-state index is 12.0. The van der Waals surface area contributed by atoms with Crippen LogP contribution in [0, 0.1) is 0 Å². The maximum Gasteiger partial charge on any atom is 0.327 e. The van der Waals surface area contributed by atoms with Crippen LogP contribution in [0.15, 0.2) is 18.2 Å². The van der Waals surface area contributed by atoms with Gasteiger partial charge in [-0.1, -0.05) is 18.5 Å². The predicted octanol–water partition coefficient (Wildman–Crippen LogP) is 1.98. The lowest BCUT2D eigenvalue weighted by atomic mass is 10.2. The summed E-state index contributed by atoms with van der Waals surface area (Å²) in [5.74, 6) is -1.00. The molecule has 112 valence electrons. The number of hydrogen-bond donors (Lipinski definition) is 1. The first-order valence-electron chi connectivity index (χ1n) is 5.78. The zero-order valence-electron chi connectivity index (χ0n) is 11.3. The van der Waals surface area contributed by atoms with E-state index >= 15 is 0 Å². The number of hydrogen-bond acceptors (Lipinski definition) is 4. The molecular formula is C12H16ClNO5S. The Hall–Kier alpha value is -1.47. The Balaban J connectivity index is 3.54. The van der Waals surface area contributed by atoms with Crippen molar-refractivity contribution in [3.63, 3.8) is 0 Å². The van der Waals surface area contributed by atoms with E-state index < -0.39 is 22.0 Å². The molecule has 1 rings (SSSR count). The van der Waals surface area contributed by atoms with Gasteiger partial charge in [0.2, 0.25) is 10.0 Å². The number of carboxylic acids is 1. The number of carboxylic acid groups (broad SMARTS) is 1. The van der Waals surface area contributed by atoms with Crippen LogP contribution in [0.5, 0.6) is 5.75 Å². The molecule has 0 spiro atoms. The van der Waals surface area contributed by atoms with Gasteiger partial charge in [-0.25, -0.2) is 13.2 Å². The smallest absolute Gasteiger partial charge is 0.327 e. The second-order valence-corrected chi connectivity index (χ2v) is 6.43. The van der Waals surface area contributed by atoms with Crippen LogP contribution in [-0.2, 0) is 14.8 Å². The quantitative estimate of drug-likeness (QED) is 0.866. The van der Waals surface area contributed by atoms with Crippen molar-refractivity contribution in [3.8, 4) is 5.75 Å². The van der Waals surface area contributed by atoms with Crippen LogP contribution in [-0.4, -0.2) is 38.9 Å². The molecule has 0 saturated carbocycles. The molecule has 0 radical (unpaired) electrons. The van der Waals surface area contributed by atoms with E-state index in [1.165, 1.54) is 25.3 Å². The van der Waals surface area contributed by atoms with Crippen molar-refractivity contribution in [1.29, 1.82) is 0 Å². The third-order valence-electron chi connectivity index (χ3n) is 2.69. The summed E-state index contributed by atoms with van der Waals surface area (Å²) in [6, 6.07) is 3.17. The molecule has 0 saturated heterocycles. The van der Waals surface area contributed by atoms with Crippen molar-refractivity contribution in [2.24, 2.45) is 0 Å². The Morgan fingerprint density at radius 1 is 1.50 bits per heavy atom. The van der Waals surface area contributed by atoms with E-state index in [2.05, 4.69) is 0 Å². The van der Waals surface area contributed by atoms with Gasteiger partial charge in [-0.2, -0.15) is 0 Å². The van der Waals surface area contributed by atoms with Crippen LogP contribution in [0.4, 0.5) is 5.69 Å². The average molecular weight is 322 g/mol. The first kappa shape index (κ1) is 16.6. The SMILES string of the molecule is CC[C@@H](C(=O)O)N(c1cc(Cl)ccc1OC)S(C)(=O)=O. The molecule has 1 atom stereocenters. The second-order valence-electron chi connectivity index (χ2n) is 4.14. The number of benzene rings is 1. The fraction of sp³-hybridized carbons (Fsp3) is 0.417. The number of aliphatic carboxylic acids is 1. The Labute approximate surface area is 123 Å².